The van der Waals surface area contributed by atoms with Gasteiger partial charge in [-0.05, 0) is 50.6 Å². The highest BCUT2D eigenvalue weighted by Gasteiger charge is 2.33. The molecule has 1 N–H and O–H groups in total. The SMILES string of the molecule is CC(C)NC(=O)C(C)N(Cc1cccc(Br)c1)C(=O)CN(c1ccccc1F)S(=O)(=O)N(C)C. The molecular weight excluding hydrogens is 527 g/mol. The Morgan fingerprint density at radius 3 is 2.26 bits per heavy atom. The summed E-state index contributed by atoms with van der Waals surface area (Å²) in [5.41, 5.74) is 0.478. The van der Waals surface area contributed by atoms with Crippen LogP contribution in [0.5, 0.6) is 0 Å². The lowest BCUT2D eigenvalue weighted by Gasteiger charge is -2.33. The Hall–Kier alpha value is -2.50. The number of halogens is 2. The molecule has 0 bridgehead atoms. The van der Waals surface area contributed by atoms with Crippen LogP contribution in [0, 0.1) is 5.82 Å². The van der Waals surface area contributed by atoms with E-state index in [1.165, 1.54) is 37.2 Å². The van der Waals surface area contributed by atoms with Crippen LogP contribution in [-0.2, 0) is 26.3 Å². The first-order valence-corrected chi connectivity index (χ1v) is 12.8. The molecule has 0 aromatic heterocycles. The molecule has 1 unspecified atom stereocenters. The van der Waals surface area contributed by atoms with Crippen LogP contribution in [-0.4, -0.2) is 62.2 Å². The van der Waals surface area contributed by atoms with Crippen LogP contribution in [0.15, 0.2) is 53.0 Å². The normalized spacial score (nSPS) is 12.5. The van der Waals surface area contributed by atoms with Crippen molar-refractivity contribution in [3.8, 4) is 0 Å². The summed E-state index contributed by atoms with van der Waals surface area (Å²) in [6, 6.07) is 11.5. The molecule has 34 heavy (non-hydrogen) atoms. The van der Waals surface area contributed by atoms with Gasteiger partial charge >= 0.3 is 10.2 Å². The van der Waals surface area contributed by atoms with Gasteiger partial charge in [0.1, 0.15) is 18.4 Å². The molecule has 0 fully saturated rings. The Kier molecular flexibility index (Phi) is 9.60. The molecular formula is C23H30BrFN4O4S. The van der Waals surface area contributed by atoms with Gasteiger partial charge in [0.2, 0.25) is 11.8 Å². The van der Waals surface area contributed by atoms with Gasteiger partial charge in [0, 0.05) is 31.2 Å². The second-order valence-corrected chi connectivity index (χ2v) is 11.2. The van der Waals surface area contributed by atoms with E-state index < -0.39 is 34.5 Å². The van der Waals surface area contributed by atoms with Crippen molar-refractivity contribution in [3.05, 3.63) is 64.4 Å². The lowest BCUT2D eigenvalue weighted by molar-refractivity contribution is -0.139. The van der Waals surface area contributed by atoms with Crippen molar-refractivity contribution in [2.75, 3.05) is 24.9 Å². The van der Waals surface area contributed by atoms with Gasteiger partial charge in [-0.15, -0.1) is 0 Å². The molecule has 0 aliphatic rings. The third kappa shape index (κ3) is 7.00. The van der Waals surface area contributed by atoms with Crippen LogP contribution >= 0.6 is 15.9 Å². The van der Waals surface area contributed by atoms with Crippen molar-refractivity contribution in [1.82, 2.24) is 14.5 Å². The average molecular weight is 557 g/mol. The van der Waals surface area contributed by atoms with Gasteiger partial charge in [-0.25, -0.2) is 8.70 Å². The Balaban J connectivity index is 2.48. The second kappa shape index (κ2) is 11.8. The van der Waals surface area contributed by atoms with E-state index in [9.17, 15) is 22.4 Å². The molecule has 2 aromatic rings. The molecule has 0 aliphatic carbocycles. The zero-order valence-electron chi connectivity index (χ0n) is 19.8. The van der Waals surface area contributed by atoms with Crippen LogP contribution < -0.4 is 9.62 Å². The standard InChI is InChI=1S/C23H30BrFN4O4S/c1-16(2)26-23(31)17(3)28(14-18-9-8-10-19(24)13-18)22(30)15-29(34(32,33)27(4)5)21-12-7-6-11-20(21)25/h6-13,16-17H,14-15H2,1-5H3,(H,26,31). The van der Waals surface area contributed by atoms with Crippen LogP contribution in [0.3, 0.4) is 0 Å². The van der Waals surface area contributed by atoms with Gasteiger partial charge in [-0.2, -0.15) is 12.7 Å². The van der Waals surface area contributed by atoms with E-state index >= 15 is 0 Å². The second-order valence-electron chi connectivity index (χ2n) is 8.24. The smallest absolute Gasteiger partial charge is 0.304 e. The highest BCUT2D eigenvalue weighted by atomic mass is 79.9. The summed E-state index contributed by atoms with van der Waals surface area (Å²) >= 11 is 3.39. The van der Waals surface area contributed by atoms with Gasteiger partial charge in [-0.1, -0.05) is 40.2 Å². The Bertz CT molecular complexity index is 1130. The molecule has 186 valence electrons. The molecule has 0 radical (unpaired) electrons. The van der Waals surface area contributed by atoms with E-state index in [4.69, 9.17) is 0 Å². The summed E-state index contributed by atoms with van der Waals surface area (Å²) in [6.45, 7) is 4.54. The first kappa shape index (κ1) is 27.7. The van der Waals surface area contributed by atoms with E-state index in [1.54, 1.807) is 39.0 Å². The van der Waals surface area contributed by atoms with Crippen molar-refractivity contribution in [2.45, 2.75) is 39.4 Å². The van der Waals surface area contributed by atoms with Crippen molar-refractivity contribution in [1.29, 1.82) is 0 Å². The van der Waals surface area contributed by atoms with Gasteiger partial charge in [0.25, 0.3) is 0 Å². The summed E-state index contributed by atoms with van der Waals surface area (Å²) in [5.74, 6) is -1.82. The van der Waals surface area contributed by atoms with Gasteiger partial charge in [0.15, 0.2) is 0 Å². The number of amides is 2. The number of benzene rings is 2. The third-order valence-corrected chi connectivity index (χ3v) is 7.28. The average Bonchev–Trinajstić information content (AvgIpc) is 2.75. The molecule has 0 saturated carbocycles. The molecule has 2 amide bonds. The van der Waals surface area contributed by atoms with E-state index in [0.29, 0.717) is 4.31 Å². The summed E-state index contributed by atoms with van der Waals surface area (Å²) < 4.78 is 43.0. The number of hydrogen-bond donors (Lipinski definition) is 1. The molecule has 2 aromatic carbocycles. The maximum absolute atomic E-state index is 14.6. The Morgan fingerprint density at radius 2 is 1.71 bits per heavy atom. The zero-order valence-corrected chi connectivity index (χ0v) is 22.2. The predicted octanol–water partition coefficient (Wildman–Crippen LogP) is 3.14. The van der Waals surface area contributed by atoms with E-state index in [2.05, 4.69) is 21.2 Å². The van der Waals surface area contributed by atoms with Crippen LogP contribution in [0.2, 0.25) is 0 Å². The molecule has 11 heteroatoms. The van der Waals surface area contributed by atoms with Crippen molar-refractivity contribution < 1.29 is 22.4 Å². The van der Waals surface area contributed by atoms with Crippen LogP contribution in [0.4, 0.5) is 10.1 Å². The maximum atomic E-state index is 14.6. The van der Waals surface area contributed by atoms with E-state index in [1.807, 2.05) is 6.07 Å². The summed E-state index contributed by atoms with van der Waals surface area (Å²) in [6.07, 6.45) is 0. The number of rotatable bonds is 10. The van der Waals surface area contributed by atoms with Crippen molar-refractivity contribution in [2.24, 2.45) is 0 Å². The zero-order chi connectivity index (χ0) is 25.6. The first-order chi connectivity index (χ1) is 15.8. The highest BCUT2D eigenvalue weighted by Crippen LogP contribution is 2.24. The molecule has 1 atom stereocenters. The van der Waals surface area contributed by atoms with Crippen molar-refractivity contribution in [3.63, 3.8) is 0 Å². The summed E-state index contributed by atoms with van der Waals surface area (Å²) in [5, 5.41) is 2.78. The Labute approximate surface area is 209 Å². The fourth-order valence-electron chi connectivity index (χ4n) is 3.18. The number of nitrogens with zero attached hydrogens (tertiary/aromatic N) is 3. The molecule has 0 spiro atoms. The number of carbonyl (C=O) groups excluding carboxylic acids is 2. The summed E-state index contributed by atoms with van der Waals surface area (Å²) in [7, 11) is -1.62. The van der Waals surface area contributed by atoms with Gasteiger partial charge < -0.3 is 10.2 Å². The third-order valence-electron chi connectivity index (χ3n) is 4.98. The number of anilines is 1. The molecule has 8 nitrogen and oxygen atoms in total. The fourth-order valence-corrected chi connectivity index (χ4v) is 4.69. The van der Waals surface area contributed by atoms with Crippen LogP contribution in [0.1, 0.15) is 26.3 Å². The molecule has 0 saturated heterocycles. The number of nitrogens with one attached hydrogen (secondary N) is 1. The number of carbonyl (C=O) groups is 2. The minimum Gasteiger partial charge on any atom is -0.352 e. The lowest BCUT2D eigenvalue weighted by atomic mass is 10.1. The topological polar surface area (TPSA) is 90.0 Å². The van der Waals surface area contributed by atoms with Gasteiger partial charge in [0.05, 0.1) is 5.69 Å². The van der Waals surface area contributed by atoms with Gasteiger partial charge in [-0.3, -0.25) is 9.59 Å². The number of hydrogen-bond acceptors (Lipinski definition) is 4. The van der Waals surface area contributed by atoms with E-state index in [0.717, 1.165) is 20.4 Å². The number of para-hydroxylation sites is 1. The molecule has 0 heterocycles. The predicted molar refractivity (Wildman–Crippen MR) is 134 cm³/mol. The minimum atomic E-state index is -4.22. The van der Waals surface area contributed by atoms with Crippen LogP contribution in [0.25, 0.3) is 0 Å². The quantitative estimate of drug-likeness (QED) is 0.486. The Morgan fingerprint density at radius 1 is 1.06 bits per heavy atom. The summed E-state index contributed by atoms with van der Waals surface area (Å²) in [4.78, 5) is 27.6. The monoisotopic (exact) mass is 556 g/mol. The largest absolute Gasteiger partial charge is 0.352 e. The highest BCUT2D eigenvalue weighted by molar-refractivity contribution is 9.10. The molecule has 2 rings (SSSR count). The van der Waals surface area contributed by atoms with Crippen molar-refractivity contribution >= 4 is 43.6 Å². The lowest BCUT2D eigenvalue weighted by Crippen LogP contribution is -2.53. The first-order valence-electron chi connectivity index (χ1n) is 10.6. The minimum absolute atomic E-state index is 0.0536. The maximum Gasteiger partial charge on any atom is 0.304 e. The van der Waals surface area contributed by atoms with E-state index in [-0.39, 0.29) is 24.2 Å². The molecule has 0 aliphatic heterocycles. The fraction of sp³-hybridized carbons (Fsp3) is 0.391.